The third kappa shape index (κ3) is 4.23. The standard InChI is InChI=1S/C16H25NOS/c1-4-8-17-14-7-9-18-11-16(14)19-15-10-12(2)5-6-13(15)3/h5-6,10,14,16-17H,4,7-9,11H2,1-3H3. The van der Waals surface area contributed by atoms with Gasteiger partial charge in [-0.3, -0.25) is 0 Å². The minimum atomic E-state index is 0.529. The predicted molar refractivity (Wildman–Crippen MR) is 83.1 cm³/mol. The van der Waals surface area contributed by atoms with Crippen molar-refractivity contribution in [3.63, 3.8) is 0 Å². The molecule has 1 N–H and O–H groups in total. The summed E-state index contributed by atoms with van der Waals surface area (Å²) in [5.74, 6) is 0. The van der Waals surface area contributed by atoms with Gasteiger partial charge in [0.1, 0.15) is 0 Å². The molecular formula is C16H25NOS. The fourth-order valence-corrected chi connectivity index (χ4v) is 3.78. The molecule has 0 radical (unpaired) electrons. The van der Waals surface area contributed by atoms with Crippen LogP contribution in [0.25, 0.3) is 0 Å². The van der Waals surface area contributed by atoms with Crippen molar-refractivity contribution in [3.05, 3.63) is 29.3 Å². The lowest BCUT2D eigenvalue weighted by atomic mass is 10.1. The van der Waals surface area contributed by atoms with Crippen molar-refractivity contribution >= 4 is 11.8 Å². The first-order valence-electron chi connectivity index (χ1n) is 7.25. The largest absolute Gasteiger partial charge is 0.380 e. The molecule has 2 rings (SSSR count). The molecule has 0 aliphatic carbocycles. The number of ether oxygens (including phenoxy) is 1. The Kier molecular flexibility index (Phi) is 5.74. The van der Waals surface area contributed by atoms with Gasteiger partial charge in [0.25, 0.3) is 0 Å². The molecule has 1 aromatic rings. The maximum Gasteiger partial charge on any atom is 0.0603 e. The van der Waals surface area contributed by atoms with Gasteiger partial charge >= 0.3 is 0 Å². The van der Waals surface area contributed by atoms with Crippen LogP contribution >= 0.6 is 11.8 Å². The maximum absolute atomic E-state index is 5.67. The molecule has 0 spiro atoms. The Bertz CT molecular complexity index is 408. The Hall–Kier alpha value is -0.510. The topological polar surface area (TPSA) is 21.3 Å². The quantitative estimate of drug-likeness (QED) is 0.890. The molecule has 1 saturated heterocycles. The monoisotopic (exact) mass is 279 g/mol. The summed E-state index contributed by atoms with van der Waals surface area (Å²) in [6.45, 7) is 9.44. The van der Waals surface area contributed by atoms with Crippen LogP contribution in [0.1, 0.15) is 30.9 Å². The molecule has 2 atom stereocenters. The molecule has 2 unspecified atom stereocenters. The summed E-state index contributed by atoms with van der Waals surface area (Å²) in [7, 11) is 0. The summed E-state index contributed by atoms with van der Waals surface area (Å²) >= 11 is 1.98. The van der Waals surface area contributed by atoms with Gasteiger partial charge in [-0.15, -0.1) is 11.8 Å². The highest BCUT2D eigenvalue weighted by atomic mass is 32.2. The van der Waals surface area contributed by atoms with Gasteiger partial charge in [0.15, 0.2) is 0 Å². The average molecular weight is 279 g/mol. The minimum Gasteiger partial charge on any atom is -0.380 e. The van der Waals surface area contributed by atoms with Crippen LogP contribution in [0.15, 0.2) is 23.1 Å². The highest BCUT2D eigenvalue weighted by Gasteiger charge is 2.26. The van der Waals surface area contributed by atoms with Gasteiger partial charge < -0.3 is 10.1 Å². The third-order valence-electron chi connectivity index (χ3n) is 3.58. The molecule has 0 saturated carbocycles. The fraction of sp³-hybridized carbons (Fsp3) is 0.625. The van der Waals surface area contributed by atoms with Crippen LogP contribution in [0.4, 0.5) is 0 Å². The van der Waals surface area contributed by atoms with Crippen molar-refractivity contribution in [1.29, 1.82) is 0 Å². The van der Waals surface area contributed by atoms with Crippen LogP contribution in [-0.4, -0.2) is 31.1 Å². The highest BCUT2D eigenvalue weighted by molar-refractivity contribution is 8.00. The first kappa shape index (κ1) is 14.9. The van der Waals surface area contributed by atoms with Crippen molar-refractivity contribution in [3.8, 4) is 0 Å². The SMILES string of the molecule is CCCNC1CCOCC1Sc1cc(C)ccc1C. The fourth-order valence-electron chi connectivity index (χ4n) is 2.39. The van der Waals surface area contributed by atoms with Crippen molar-refractivity contribution in [2.24, 2.45) is 0 Å². The molecule has 0 bridgehead atoms. The van der Waals surface area contributed by atoms with E-state index in [0.29, 0.717) is 11.3 Å². The third-order valence-corrected chi connectivity index (χ3v) is 5.04. The zero-order valence-corrected chi connectivity index (χ0v) is 13.1. The average Bonchev–Trinajstić information content (AvgIpc) is 2.42. The molecule has 19 heavy (non-hydrogen) atoms. The number of benzene rings is 1. The molecule has 0 amide bonds. The van der Waals surface area contributed by atoms with Gasteiger partial charge in [-0.1, -0.05) is 24.6 Å². The van der Waals surface area contributed by atoms with Crippen LogP contribution < -0.4 is 5.32 Å². The van der Waals surface area contributed by atoms with E-state index in [0.717, 1.165) is 26.2 Å². The summed E-state index contributed by atoms with van der Waals surface area (Å²) in [6.07, 6.45) is 2.32. The molecule has 1 heterocycles. The van der Waals surface area contributed by atoms with E-state index in [1.165, 1.54) is 22.4 Å². The first-order chi connectivity index (χ1) is 9.20. The highest BCUT2D eigenvalue weighted by Crippen LogP contribution is 2.31. The Balaban J connectivity index is 2.04. The van der Waals surface area contributed by atoms with E-state index >= 15 is 0 Å². The number of hydrogen-bond acceptors (Lipinski definition) is 3. The summed E-state index contributed by atoms with van der Waals surface area (Å²) in [6, 6.07) is 7.28. The summed E-state index contributed by atoms with van der Waals surface area (Å²) in [5, 5.41) is 4.20. The second-order valence-corrected chi connectivity index (χ2v) is 6.63. The number of rotatable bonds is 5. The maximum atomic E-state index is 5.67. The normalized spacial score (nSPS) is 23.5. The Morgan fingerprint density at radius 3 is 3.00 bits per heavy atom. The lowest BCUT2D eigenvalue weighted by Crippen LogP contribution is -2.45. The molecule has 0 aromatic heterocycles. The lowest BCUT2D eigenvalue weighted by Gasteiger charge is -2.32. The van der Waals surface area contributed by atoms with E-state index in [4.69, 9.17) is 4.74 Å². The van der Waals surface area contributed by atoms with Crippen molar-refractivity contribution in [2.45, 2.75) is 49.8 Å². The summed E-state index contributed by atoms with van der Waals surface area (Å²) in [5.41, 5.74) is 2.71. The zero-order chi connectivity index (χ0) is 13.7. The van der Waals surface area contributed by atoms with Crippen LogP contribution in [-0.2, 0) is 4.74 Å². The number of hydrogen-bond donors (Lipinski definition) is 1. The molecule has 1 aliphatic rings. The molecule has 1 fully saturated rings. The van der Waals surface area contributed by atoms with Crippen molar-refractivity contribution < 1.29 is 4.74 Å². The lowest BCUT2D eigenvalue weighted by molar-refractivity contribution is 0.0833. The minimum absolute atomic E-state index is 0.529. The van der Waals surface area contributed by atoms with E-state index < -0.39 is 0 Å². The number of thioether (sulfide) groups is 1. The van der Waals surface area contributed by atoms with Gasteiger partial charge in [-0.2, -0.15) is 0 Å². The van der Waals surface area contributed by atoms with E-state index in [9.17, 15) is 0 Å². The number of nitrogens with one attached hydrogen (secondary N) is 1. The molecule has 3 heteroatoms. The molecular weight excluding hydrogens is 254 g/mol. The van der Waals surface area contributed by atoms with Crippen LogP contribution in [0.5, 0.6) is 0 Å². The van der Waals surface area contributed by atoms with Gasteiger partial charge in [0.05, 0.1) is 6.61 Å². The van der Waals surface area contributed by atoms with Gasteiger partial charge in [-0.05, 0) is 44.9 Å². The van der Waals surface area contributed by atoms with E-state index in [-0.39, 0.29) is 0 Å². The van der Waals surface area contributed by atoms with Crippen LogP contribution in [0.2, 0.25) is 0 Å². The first-order valence-corrected chi connectivity index (χ1v) is 8.13. The Morgan fingerprint density at radius 2 is 2.21 bits per heavy atom. The smallest absolute Gasteiger partial charge is 0.0603 e. The Labute approximate surface area is 121 Å². The summed E-state index contributed by atoms with van der Waals surface area (Å²) < 4.78 is 5.67. The Morgan fingerprint density at radius 1 is 1.37 bits per heavy atom. The second kappa shape index (κ2) is 7.32. The molecule has 106 valence electrons. The van der Waals surface area contributed by atoms with Gasteiger partial charge in [0.2, 0.25) is 0 Å². The van der Waals surface area contributed by atoms with Gasteiger partial charge in [0, 0.05) is 22.8 Å². The van der Waals surface area contributed by atoms with Gasteiger partial charge in [-0.25, -0.2) is 0 Å². The van der Waals surface area contributed by atoms with E-state index in [2.05, 4.69) is 44.3 Å². The number of aryl methyl sites for hydroxylation is 2. The molecule has 1 aromatic carbocycles. The van der Waals surface area contributed by atoms with E-state index in [1.807, 2.05) is 11.8 Å². The molecule has 2 nitrogen and oxygen atoms in total. The summed E-state index contributed by atoms with van der Waals surface area (Å²) in [4.78, 5) is 1.40. The second-order valence-electron chi connectivity index (χ2n) is 5.35. The molecule has 1 aliphatic heterocycles. The van der Waals surface area contributed by atoms with Crippen molar-refractivity contribution in [1.82, 2.24) is 5.32 Å². The van der Waals surface area contributed by atoms with Crippen LogP contribution in [0, 0.1) is 13.8 Å². The van der Waals surface area contributed by atoms with E-state index in [1.54, 1.807) is 0 Å². The predicted octanol–water partition coefficient (Wildman–Crippen LogP) is 3.55. The van der Waals surface area contributed by atoms with Crippen molar-refractivity contribution in [2.75, 3.05) is 19.8 Å². The van der Waals surface area contributed by atoms with Crippen LogP contribution in [0.3, 0.4) is 0 Å². The zero-order valence-electron chi connectivity index (χ0n) is 12.2.